The van der Waals surface area contributed by atoms with Crippen LogP contribution in [0.15, 0.2) is 35.7 Å². The predicted molar refractivity (Wildman–Crippen MR) is 89.0 cm³/mol. The van der Waals surface area contributed by atoms with Crippen molar-refractivity contribution >= 4 is 23.4 Å². The van der Waals surface area contributed by atoms with Crippen LogP contribution in [0.25, 0.3) is 0 Å². The Morgan fingerprint density at radius 1 is 1.05 bits per heavy atom. The number of nitrogens with zero attached hydrogens (tertiary/aromatic N) is 3. The SMILES string of the molecule is CCCNc1cc(NCCc2ccncc2)nc(SC)n1. The van der Waals surface area contributed by atoms with Gasteiger partial charge >= 0.3 is 0 Å². The maximum Gasteiger partial charge on any atom is 0.191 e. The van der Waals surface area contributed by atoms with Gasteiger partial charge in [0.2, 0.25) is 0 Å². The van der Waals surface area contributed by atoms with Crippen molar-refractivity contribution in [3.8, 4) is 0 Å². The Balaban J connectivity index is 1.95. The highest BCUT2D eigenvalue weighted by molar-refractivity contribution is 7.98. The Labute approximate surface area is 130 Å². The number of aromatic nitrogens is 3. The van der Waals surface area contributed by atoms with E-state index < -0.39 is 0 Å². The van der Waals surface area contributed by atoms with Crippen molar-refractivity contribution in [1.82, 2.24) is 15.0 Å². The van der Waals surface area contributed by atoms with Crippen LogP contribution in [-0.2, 0) is 6.42 Å². The van der Waals surface area contributed by atoms with Crippen molar-refractivity contribution in [1.29, 1.82) is 0 Å². The molecule has 5 nitrogen and oxygen atoms in total. The van der Waals surface area contributed by atoms with Gasteiger partial charge in [-0.2, -0.15) is 0 Å². The average Bonchev–Trinajstić information content (AvgIpc) is 2.53. The van der Waals surface area contributed by atoms with Crippen molar-refractivity contribution in [3.05, 3.63) is 36.2 Å². The summed E-state index contributed by atoms with van der Waals surface area (Å²) in [5.74, 6) is 1.74. The first-order valence-electron chi connectivity index (χ1n) is 7.11. The fraction of sp³-hybridized carbons (Fsp3) is 0.400. The highest BCUT2D eigenvalue weighted by atomic mass is 32.2. The van der Waals surface area contributed by atoms with Gasteiger partial charge in [-0.25, -0.2) is 9.97 Å². The minimum atomic E-state index is 0.780. The number of thioether (sulfide) groups is 1. The highest BCUT2D eigenvalue weighted by Gasteiger charge is 2.03. The minimum absolute atomic E-state index is 0.780. The largest absolute Gasteiger partial charge is 0.370 e. The quantitative estimate of drug-likeness (QED) is 0.577. The van der Waals surface area contributed by atoms with Gasteiger partial charge in [0.1, 0.15) is 11.6 Å². The Hall–Kier alpha value is -1.82. The molecular formula is C15H21N5S. The lowest BCUT2D eigenvalue weighted by Crippen LogP contribution is -2.09. The van der Waals surface area contributed by atoms with E-state index in [1.807, 2.05) is 36.8 Å². The van der Waals surface area contributed by atoms with Gasteiger partial charge in [-0.05, 0) is 36.8 Å². The number of nitrogens with one attached hydrogen (secondary N) is 2. The van der Waals surface area contributed by atoms with Crippen LogP contribution in [-0.4, -0.2) is 34.3 Å². The molecule has 0 aliphatic rings. The molecule has 2 rings (SSSR count). The van der Waals surface area contributed by atoms with Crippen molar-refractivity contribution in [2.24, 2.45) is 0 Å². The van der Waals surface area contributed by atoms with E-state index in [-0.39, 0.29) is 0 Å². The van der Waals surface area contributed by atoms with E-state index in [0.717, 1.165) is 42.7 Å². The second kappa shape index (κ2) is 8.46. The van der Waals surface area contributed by atoms with Crippen molar-refractivity contribution < 1.29 is 0 Å². The summed E-state index contributed by atoms with van der Waals surface area (Å²) in [6.07, 6.45) is 7.64. The van der Waals surface area contributed by atoms with Crippen LogP contribution in [0.1, 0.15) is 18.9 Å². The van der Waals surface area contributed by atoms with Crippen molar-refractivity contribution in [2.45, 2.75) is 24.9 Å². The second-order valence-electron chi connectivity index (χ2n) is 4.58. The summed E-state index contributed by atoms with van der Waals surface area (Å²) < 4.78 is 0. The van der Waals surface area contributed by atoms with E-state index in [2.05, 4.69) is 32.5 Å². The Kier molecular flexibility index (Phi) is 6.27. The topological polar surface area (TPSA) is 62.7 Å². The van der Waals surface area contributed by atoms with Gasteiger partial charge in [-0.1, -0.05) is 18.7 Å². The first kappa shape index (κ1) is 15.6. The molecule has 6 heteroatoms. The molecule has 112 valence electrons. The van der Waals surface area contributed by atoms with E-state index >= 15 is 0 Å². The monoisotopic (exact) mass is 303 g/mol. The summed E-state index contributed by atoms with van der Waals surface area (Å²) in [5, 5.41) is 7.44. The zero-order valence-corrected chi connectivity index (χ0v) is 13.3. The number of anilines is 2. The van der Waals surface area contributed by atoms with Gasteiger partial charge < -0.3 is 10.6 Å². The summed E-state index contributed by atoms with van der Waals surface area (Å²) >= 11 is 1.55. The van der Waals surface area contributed by atoms with Crippen LogP contribution >= 0.6 is 11.8 Å². The summed E-state index contributed by atoms with van der Waals surface area (Å²) in [5.41, 5.74) is 1.26. The van der Waals surface area contributed by atoms with Gasteiger partial charge in [-0.15, -0.1) is 0 Å². The third-order valence-electron chi connectivity index (χ3n) is 2.91. The van der Waals surface area contributed by atoms with Gasteiger partial charge in [0.05, 0.1) is 0 Å². The van der Waals surface area contributed by atoms with Crippen LogP contribution < -0.4 is 10.6 Å². The molecule has 0 aliphatic carbocycles. The fourth-order valence-corrected chi connectivity index (χ4v) is 2.21. The number of rotatable bonds is 8. The summed E-state index contributed by atoms with van der Waals surface area (Å²) in [6, 6.07) is 6.02. The summed E-state index contributed by atoms with van der Waals surface area (Å²) in [7, 11) is 0. The van der Waals surface area contributed by atoms with Crippen molar-refractivity contribution in [2.75, 3.05) is 30.0 Å². The first-order valence-corrected chi connectivity index (χ1v) is 8.34. The zero-order chi connectivity index (χ0) is 14.9. The fourth-order valence-electron chi connectivity index (χ4n) is 1.83. The molecule has 0 bridgehead atoms. The molecule has 2 aromatic rings. The van der Waals surface area contributed by atoms with Crippen LogP contribution in [0.2, 0.25) is 0 Å². The normalized spacial score (nSPS) is 10.4. The Morgan fingerprint density at radius 2 is 1.71 bits per heavy atom. The molecule has 0 unspecified atom stereocenters. The number of hydrogen-bond donors (Lipinski definition) is 2. The smallest absolute Gasteiger partial charge is 0.191 e. The van der Waals surface area contributed by atoms with E-state index in [9.17, 15) is 0 Å². The maximum atomic E-state index is 4.48. The molecule has 0 radical (unpaired) electrons. The lowest BCUT2D eigenvalue weighted by Gasteiger charge is -2.10. The van der Waals surface area contributed by atoms with E-state index in [4.69, 9.17) is 0 Å². The molecular weight excluding hydrogens is 282 g/mol. The molecule has 2 N–H and O–H groups in total. The Bertz CT molecular complexity index is 547. The van der Waals surface area contributed by atoms with Crippen molar-refractivity contribution in [3.63, 3.8) is 0 Å². The predicted octanol–water partition coefficient (Wildman–Crippen LogP) is 3.07. The minimum Gasteiger partial charge on any atom is -0.370 e. The van der Waals surface area contributed by atoms with Gasteiger partial charge in [0, 0.05) is 31.5 Å². The summed E-state index contributed by atoms with van der Waals surface area (Å²) in [6.45, 7) is 3.89. The first-order chi connectivity index (χ1) is 10.3. The third kappa shape index (κ3) is 5.23. The number of hydrogen-bond acceptors (Lipinski definition) is 6. The van der Waals surface area contributed by atoms with Gasteiger partial charge in [0.15, 0.2) is 5.16 Å². The molecule has 0 saturated heterocycles. The van der Waals surface area contributed by atoms with E-state index in [1.165, 1.54) is 5.56 Å². The number of pyridine rings is 1. The van der Waals surface area contributed by atoms with Crippen LogP contribution in [0, 0.1) is 0 Å². The van der Waals surface area contributed by atoms with Gasteiger partial charge in [-0.3, -0.25) is 4.98 Å². The molecule has 0 spiro atoms. The summed E-state index contributed by atoms with van der Waals surface area (Å²) in [4.78, 5) is 13.0. The molecule has 2 aromatic heterocycles. The van der Waals surface area contributed by atoms with Crippen LogP contribution in [0.4, 0.5) is 11.6 Å². The molecule has 0 saturated carbocycles. The Morgan fingerprint density at radius 3 is 2.33 bits per heavy atom. The molecule has 0 amide bonds. The zero-order valence-electron chi connectivity index (χ0n) is 12.5. The molecule has 0 fully saturated rings. The molecule has 2 heterocycles. The van der Waals surface area contributed by atoms with Crippen LogP contribution in [0.3, 0.4) is 0 Å². The van der Waals surface area contributed by atoms with E-state index in [1.54, 1.807) is 11.8 Å². The maximum absolute atomic E-state index is 4.48. The average molecular weight is 303 g/mol. The van der Waals surface area contributed by atoms with E-state index in [0.29, 0.717) is 0 Å². The second-order valence-corrected chi connectivity index (χ2v) is 5.36. The third-order valence-corrected chi connectivity index (χ3v) is 3.46. The molecule has 21 heavy (non-hydrogen) atoms. The standard InChI is InChI=1S/C15H21N5S/c1-3-7-17-13-11-14(20-15(19-13)21-2)18-10-6-12-4-8-16-9-5-12/h4-5,8-9,11H,3,6-7,10H2,1-2H3,(H2,17,18,19,20). The van der Waals surface area contributed by atoms with Gasteiger partial charge in [0.25, 0.3) is 0 Å². The highest BCUT2D eigenvalue weighted by Crippen LogP contribution is 2.17. The lowest BCUT2D eigenvalue weighted by atomic mass is 10.2. The lowest BCUT2D eigenvalue weighted by molar-refractivity contribution is 0.916. The van der Waals surface area contributed by atoms with Crippen LogP contribution in [0.5, 0.6) is 0 Å². The molecule has 0 aliphatic heterocycles. The molecule has 0 aromatic carbocycles. The molecule has 0 atom stereocenters.